The molecule has 0 saturated heterocycles. The van der Waals surface area contributed by atoms with E-state index in [1.807, 2.05) is 30.3 Å². The Balaban J connectivity index is 1.70. The molecule has 6 heteroatoms. The summed E-state index contributed by atoms with van der Waals surface area (Å²) in [5.41, 5.74) is 3.11. The van der Waals surface area contributed by atoms with Crippen LogP contribution >= 0.6 is 0 Å². The summed E-state index contributed by atoms with van der Waals surface area (Å²) in [6.07, 6.45) is 1.87. The molecule has 1 aliphatic carbocycles. The molecule has 1 amide bonds. The summed E-state index contributed by atoms with van der Waals surface area (Å²) in [5, 5.41) is 7.17. The zero-order chi connectivity index (χ0) is 16.7. The van der Waals surface area contributed by atoms with E-state index in [0.29, 0.717) is 17.2 Å². The Morgan fingerprint density at radius 1 is 1.12 bits per heavy atom. The van der Waals surface area contributed by atoms with Gasteiger partial charge in [0.25, 0.3) is 0 Å². The van der Waals surface area contributed by atoms with Gasteiger partial charge in [-0.05, 0) is 31.9 Å². The second kappa shape index (κ2) is 5.56. The zero-order valence-electron chi connectivity index (χ0n) is 13.2. The van der Waals surface area contributed by atoms with Gasteiger partial charge in [-0.1, -0.05) is 30.3 Å². The van der Waals surface area contributed by atoms with Crippen LogP contribution in [0.4, 0.5) is 5.95 Å². The number of nitrogens with one attached hydrogen (secondary N) is 1. The molecule has 0 radical (unpaired) electrons. The number of hydrogen-bond donors (Lipinski definition) is 1. The highest BCUT2D eigenvalue weighted by Gasteiger charge is 2.30. The van der Waals surface area contributed by atoms with Crippen molar-refractivity contribution in [2.75, 3.05) is 5.32 Å². The summed E-state index contributed by atoms with van der Waals surface area (Å²) in [6, 6.07) is 13.0. The maximum absolute atomic E-state index is 11.9. The van der Waals surface area contributed by atoms with Crippen molar-refractivity contribution in [3.63, 3.8) is 0 Å². The van der Waals surface area contributed by atoms with E-state index in [2.05, 4.69) is 15.4 Å². The lowest BCUT2D eigenvalue weighted by Crippen LogP contribution is -2.14. The first-order valence-corrected chi connectivity index (χ1v) is 7.90. The van der Waals surface area contributed by atoms with Crippen molar-refractivity contribution >= 4 is 23.3 Å². The summed E-state index contributed by atoms with van der Waals surface area (Å²) < 4.78 is 1.70. The van der Waals surface area contributed by atoms with E-state index in [1.165, 1.54) is 0 Å². The molecule has 4 rings (SSSR count). The highest BCUT2D eigenvalue weighted by molar-refractivity contribution is 5.94. The summed E-state index contributed by atoms with van der Waals surface area (Å²) in [5.74, 6) is 0.443. The van der Waals surface area contributed by atoms with Gasteiger partial charge in [0.1, 0.15) is 0 Å². The van der Waals surface area contributed by atoms with E-state index in [9.17, 15) is 9.59 Å². The average Bonchev–Trinajstić information content (AvgIpc) is 3.35. The Morgan fingerprint density at radius 2 is 1.88 bits per heavy atom. The molecule has 1 fully saturated rings. The van der Waals surface area contributed by atoms with Crippen LogP contribution in [0.5, 0.6) is 0 Å². The maximum Gasteiger partial charge on any atom is 0.249 e. The summed E-state index contributed by atoms with van der Waals surface area (Å²) in [6.45, 7) is 1.54. The van der Waals surface area contributed by atoms with Crippen molar-refractivity contribution in [1.82, 2.24) is 14.6 Å². The number of rotatable bonds is 4. The van der Waals surface area contributed by atoms with E-state index >= 15 is 0 Å². The van der Waals surface area contributed by atoms with Crippen LogP contribution in [-0.2, 0) is 4.79 Å². The zero-order valence-corrected chi connectivity index (χ0v) is 13.2. The Morgan fingerprint density at radius 3 is 2.54 bits per heavy atom. The Kier molecular flexibility index (Phi) is 3.37. The van der Waals surface area contributed by atoms with Crippen LogP contribution in [0.25, 0.3) is 16.9 Å². The fourth-order valence-corrected chi connectivity index (χ4v) is 2.61. The van der Waals surface area contributed by atoms with Crippen molar-refractivity contribution in [2.45, 2.75) is 19.8 Å². The molecule has 2 heterocycles. The highest BCUT2D eigenvalue weighted by Crippen LogP contribution is 2.30. The molecule has 0 aliphatic heterocycles. The predicted octanol–water partition coefficient (Wildman–Crippen LogP) is 2.95. The number of Topliss-reactive ketones (excluding diaryl/α,β-unsaturated/α-hetero) is 1. The van der Waals surface area contributed by atoms with Gasteiger partial charge in [-0.2, -0.15) is 4.98 Å². The van der Waals surface area contributed by atoms with Gasteiger partial charge in [-0.3, -0.25) is 14.9 Å². The molecule has 0 spiro atoms. The van der Waals surface area contributed by atoms with Crippen LogP contribution in [0.1, 0.15) is 30.1 Å². The van der Waals surface area contributed by atoms with Crippen molar-refractivity contribution in [3.8, 4) is 11.3 Å². The van der Waals surface area contributed by atoms with Gasteiger partial charge >= 0.3 is 0 Å². The Bertz CT molecular complexity index is 939. The van der Waals surface area contributed by atoms with E-state index in [0.717, 1.165) is 24.1 Å². The Hall–Kier alpha value is -3.02. The molecular weight excluding hydrogens is 304 g/mol. The number of carbonyl (C=O) groups is 2. The largest absolute Gasteiger partial charge is 0.295 e. The molecule has 6 nitrogen and oxygen atoms in total. The minimum atomic E-state index is -0.0155. The molecule has 2 aromatic heterocycles. The minimum absolute atomic E-state index is 0.0155. The molecule has 0 bridgehead atoms. The second-order valence-electron chi connectivity index (χ2n) is 6.01. The minimum Gasteiger partial charge on any atom is -0.295 e. The average molecular weight is 320 g/mol. The van der Waals surface area contributed by atoms with Crippen LogP contribution in [0.15, 0.2) is 42.5 Å². The van der Waals surface area contributed by atoms with Crippen molar-refractivity contribution in [2.24, 2.45) is 5.92 Å². The lowest BCUT2D eigenvalue weighted by Gasteiger charge is -2.04. The first-order valence-electron chi connectivity index (χ1n) is 7.90. The number of nitrogens with zero attached hydrogens (tertiary/aromatic N) is 3. The number of benzene rings is 1. The lowest BCUT2D eigenvalue weighted by molar-refractivity contribution is -0.117. The molecule has 0 atom stereocenters. The molecule has 1 aliphatic rings. The number of aromatic nitrogens is 3. The van der Waals surface area contributed by atoms with E-state index in [4.69, 9.17) is 0 Å². The fraction of sp³-hybridized carbons (Fsp3) is 0.222. The number of amides is 1. The summed E-state index contributed by atoms with van der Waals surface area (Å²) in [7, 11) is 0. The molecule has 120 valence electrons. The van der Waals surface area contributed by atoms with Crippen molar-refractivity contribution in [3.05, 3.63) is 48.0 Å². The van der Waals surface area contributed by atoms with E-state index < -0.39 is 0 Å². The van der Waals surface area contributed by atoms with Gasteiger partial charge in [0.15, 0.2) is 11.4 Å². The summed E-state index contributed by atoms with van der Waals surface area (Å²) >= 11 is 0. The number of pyridine rings is 1. The van der Waals surface area contributed by atoms with Gasteiger partial charge in [-0.15, -0.1) is 5.10 Å². The molecule has 0 unspecified atom stereocenters. The third-order valence-electron chi connectivity index (χ3n) is 4.13. The lowest BCUT2D eigenvalue weighted by atomic mass is 10.1. The van der Waals surface area contributed by atoms with Gasteiger partial charge in [-0.25, -0.2) is 4.52 Å². The van der Waals surface area contributed by atoms with Crippen LogP contribution in [-0.4, -0.2) is 26.3 Å². The van der Waals surface area contributed by atoms with Crippen LogP contribution in [0, 0.1) is 5.92 Å². The monoisotopic (exact) mass is 320 g/mol. The number of anilines is 1. The molecule has 3 aromatic rings. The molecule has 1 N–H and O–H groups in total. The van der Waals surface area contributed by atoms with Gasteiger partial charge in [0.05, 0.1) is 5.69 Å². The normalized spacial score (nSPS) is 13.9. The smallest absolute Gasteiger partial charge is 0.249 e. The van der Waals surface area contributed by atoms with Crippen molar-refractivity contribution < 1.29 is 9.59 Å². The van der Waals surface area contributed by atoms with Crippen molar-refractivity contribution in [1.29, 1.82) is 0 Å². The number of ketones is 1. The number of fused-ring (bicyclic) bond motifs is 1. The van der Waals surface area contributed by atoms with E-state index in [-0.39, 0.29) is 17.6 Å². The first-order chi connectivity index (χ1) is 11.6. The molecule has 1 saturated carbocycles. The number of hydrogen-bond acceptors (Lipinski definition) is 4. The molecule has 24 heavy (non-hydrogen) atoms. The summed E-state index contributed by atoms with van der Waals surface area (Å²) in [4.78, 5) is 27.6. The SMILES string of the molecule is CC(=O)c1ccc(-c2cccc3nc(NC(=O)C4CC4)nn23)cc1. The number of carbonyl (C=O) groups excluding carboxylic acids is 2. The topological polar surface area (TPSA) is 76.4 Å². The van der Waals surface area contributed by atoms with Crippen LogP contribution in [0.2, 0.25) is 0 Å². The molecular formula is C18H16N4O2. The van der Waals surface area contributed by atoms with Crippen LogP contribution < -0.4 is 5.32 Å². The first kappa shape index (κ1) is 14.6. The third-order valence-corrected chi connectivity index (χ3v) is 4.13. The van der Waals surface area contributed by atoms with E-state index in [1.54, 1.807) is 23.6 Å². The maximum atomic E-state index is 11.9. The Labute approximate surface area is 138 Å². The second-order valence-corrected chi connectivity index (χ2v) is 6.01. The quantitative estimate of drug-likeness (QED) is 0.750. The van der Waals surface area contributed by atoms with Crippen LogP contribution in [0.3, 0.4) is 0 Å². The predicted molar refractivity (Wildman–Crippen MR) is 89.8 cm³/mol. The molecule has 1 aromatic carbocycles. The standard InChI is InChI=1S/C18H16N4O2/c1-11(23)12-5-7-13(8-6-12)15-3-2-4-16-19-18(21-22(15)16)20-17(24)14-9-10-14/h2-8,14H,9-10H2,1H3,(H,20,21,24). The van der Waals surface area contributed by atoms with Gasteiger partial charge in [0, 0.05) is 17.0 Å². The van der Waals surface area contributed by atoms with Gasteiger partial charge in [0.2, 0.25) is 11.9 Å². The fourth-order valence-electron chi connectivity index (χ4n) is 2.61. The highest BCUT2D eigenvalue weighted by atomic mass is 16.2. The third kappa shape index (κ3) is 2.67. The van der Waals surface area contributed by atoms with Gasteiger partial charge < -0.3 is 0 Å².